The van der Waals surface area contributed by atoms with Crippen molar-refractivity contribution in [3.63, 3.8) is 0 Å². The molecule has 0 heterocycles. The first-order chi connectivity index (χ1) is 10.5. The van der Waals surface area contributed by atoms with E-state index in [-0.39, 0.29) is 35.1 Å². The zero-order valence-electron chi connectivity index (χ0n) is 11.9. The number of rotatable bonds is 5. The quantitative estimate of drug-likeness (QED) is 0.764. The molecule has 1 aliphatic rings. The van der Waals surface area contributed by atoms with Crippen LogP contribution in [-0.4, -0.2) is 36.1 Å². The molecule has 22 heavy (non-hydrogen) atoms. The Bertz CT molecular complexity index is 566. The second kappa shape index (κ2) is 7.81. The average molecular weight is 345 g/mol. The lowest BCUT2D eigenvalue weighted by molar-refractivity contribution is -0.120. The van der Waals surface area contributed by atoms with Gasteiger partial charge in [-0.15, -0.1) is 0 Å². The number of carbonyl (C=O) groups excluding carboxylic acids is 2. The van der Waals surface area contributed by atoms with Crippen LogP contribution in [0.1, 0.15) is 29.6 Å². The minimum absolute atomic E-state index is 0.102. The summed E-state index contributed by atoms with van der Waals surface area (Å²) in [5, 5.41) is 15.6. The molecule has 2 atom stereocenters. The van der Waals surface area contributed by atoms with Crippen LogP contribution >= 0.6 is 23.2 Å². The number of hydrogen-bond donors (Lipinski definition) is 3. The van der Waals surface area contributed by atoms with Gasteiger partial charge in [0.1, 0.15) is 0 Å². The van der Waals surface area contributed by atoms with Crippen LogP contribution in [-0.2, 0) is 4.79 Å². The van der Waals surface area contributed by atoms with Gasteiger partial charge in [-0.2, -0.15) is 0 Å². The molecule has 1 fully saturated rings. The van der Waals surface area contributed by atoms with E-state index in [1.165, 1.54) is 12.1 Å². The van der Waals surface area contributed by atoms with Gasteiger partial charge in [0.2, 0.25) is 5.91 Å². The van der Waals surface area contributed by atoms with Crippen LogP contribution in [0.3, 0.4) is 0 Å². The summed E-state index contributed by atoms with van der Waals surface area (Å²) >= 11 is 11.7. The van der Waals surface area contributed by atoms with Crippen LogP contribution in [0.25, 0.3) is 0 Å². The van der Waals surface area contributed by atoms with Crippen molar-refractivity contribution in [2.75, 3.05) is 13.1 Å². The third-order valence-electron chi connectivity index (χ3n) is 3.77. The minimum atomic E-state index is -0.433. The van der Waals surface area contributed by atoms with E-state index in [1.807, 2.05) is 0 Å². The largest absolute Gasteiger partial charge is 0.393 e. The maximum Gasteiger partial charge on any atom is 0.253 e. The van der Waals surface area contributed by atoms with Gasteiger partial charge in [0.05, 0.1) is 23.2 Å². The summed E-state index contributed by atoms with van der Waals surface area (Å²) < 4.78 is 0. The number of amides is 2. The van der Waals surface area contributed by atoms with E-state index in [1.54, 1.807) is 6.07 Å². The van der Waals surface area contributed by atoms with Crippen LogP contribution in [0.4, 0.5) is 0 Å². The van der Waals surface area contributed by atoms with Gasteiger partial charge in [-0.1, -0.05) is 29.6 Å². The highest BCUT2D eigenvalue weighted by atomic mass is 35.5. The molecule has 0 bridgehead atoms. The predicted molar refractivity (Wildman–Crippen MR) is 85.2 cm³/mol. The van der Waals surface area contributed by atoms with Gasteiger partial charge < -0.3 is 15.7 Å². The maximum atomic E-state index is 11.9. The van der Waals surface area contributed by atoms with E-state index in [9.17, 15) is 14.7 Å². The predicted octanol–water partition coefficient (Wildman–Crippen LogP) is 2.00. The molecule has 2 amide bonds. The van der Waals surface area contributed by atoms with Gasteiger partial charge >= 0.3 is 0 Å². The van der Waals surface area contributed by atoms with E-state index in [2.05, 4.69) is 10.6 Å². The van der Waals surface area contributed by atoms with Crippen molar-refractivity contribution in [3.05, 3.63) is 33.8 Å². The SMILES string of the molecule is O=C(CNC(=O)c1ccc(Cl)cc1Cl)NC[C@H]1CCC[C@H]1O. The zero-order chi connectivity index (χ0) is 16.1. The zero-order valence-corrected chi connectivity index (χ0v) is 13.5. The van der Waals surface area contributed by atoms with Gasteiger partial charge in [-0.25, -0.2) is 0 Å². The van der Waals surface area contributed by atoms with Crippen molar-refractivity contribution in [2.24, 2.45) is 5.92 Å². The van der Waals surface area contributed by atoms with Crippen molar-refractivity contribution in [2.45, 2.75) is 25.4 Å². The second-order valence-corrected chi connectivity index (χ2v) is 6.21. The molecule has 0 radical (unpaired) electrons. The van der Waals surface area contributed by atoms with Crippen molar-refractivity contribution in [1.82, 2.24) is 10.6 Å². The molecule has 1 aromatic carbocycles. The summed E-state index contributed by atoms with van der Waals surface area (Å²) in [6.07, 6.45) is 2.33. The molecule has 1 aliphatic carbocycles. The Kier molecular flexibility index (Phi) is 6.06. The monoisotopic (exact) mass is 344 g/mol. The van der Waals surface area contributed by atoms with Gasteiger partial charge in [0, 0.05) is 17.5 Å². The summed E-state index contributed by atoms with van der Waals surface area (Å²) in [6, 6.07) is 4.54. The van der Waals surface area contributed by atoms with Crippen LogP contribution in [0, 0.1) is 5.92 Å². The Balaban J connectivity index is 1.77. The fraction of sp³-hybridized carbons (Fsp3) is 0.467. The second-order valence-electron chi connectivity index (χ2n) is 5.37. The van der Waals surface area contributed by atoms with Gasteiger partial charge in [-0.3, -0.25) is 9.59 Å². The number of aliphatic hydroxyl groups is 1. The normalized spacial score (nSPS) is 20.7. The van der Waals surface area contributed by atoms with Crippen LogP contribution < -0.4 is 10.6 Å². The molecule has 0 aromatic heterocycles. The van der Waals surface area contributed by atoms with E-state index < -0.39 is 5.91 Å². The first-order valence-corrected chi connectivity index (χ1v) is 7.91. The van der Waals surface area contributed by atoms with Crippen LogP contribution in [0.15, 0.2) is 18.2 Å². The minimum Gasteiger partial charge on any atom is -0.393 e. The highest BCUT2D eigenvalue weighted by Crippen LogP contribution is 2.24. The first-order valence-electron chi connectivity index (χ1n) is 7.15. The molecule has 3 N–H and O–H groups in total. The number of halogens is 2. The van der Waals surface area contributed by atoms with Gasteiger partial charge in [-0.05, 0) is 31.0 Å². The Morgan fingerprint density at radius 1 is 1.23 bits per heavy atom. The summed E-state index contributed by atoms with van der Waals surface area (Å²) in [5.74, 6) is -0.624. The molecule has 0 unspecified atom stereocenters. The van der Waals surface area contributed by atoms with E-state index in [0.29, 0.717) is 11.6 Å². The molecular formula is C15H18Cl2N2O3. The van der Waals surface area contributed by atoms with Gasteiger partial charge in [0.15, 0.2) is 0 Å². The number of carbonyl (C=O) groups is 2. The van der Waals surface area contributed by atoms with E-state index in [0.717, 1.165) is 19.3 Å². The third-order valence-corrected chi connectivity index (χ3v) is 4.31. The standard InChI is InChI=1S/C15H18Cl2N2O3/c16-10-4-5-11(12(17)6-10)15(22)19-8-14(21)18-7-9-2-1-3-13(9)20/h4-6,9,13,20H,1-3,7-8H2,(H,18,21)(H,19,22)/t9-,13-/m1/s1. The molecule has 0 saturated heterocycles. The lowest BCUT2D eigenvalue weighted by atomic mass is 10.1. The number of nitrogens with one attached hydrogen (secondary N) is 2. The van der Waals surface area contributed by atoms with Crippen molar-refractivity contribution in [3.8, 4) is 0 Å². The smallest absolute Gasteiger partial charge is 0.253 e. The Hall–Kier alpha value is -1.30. The first kappa shape index (κ1) is 17.1. The summed E-state index contributed by atoms with van der Waals surface area (Å²) in [4.78, 5) is 23.7. The lowest BCUT2D eigenvalue weighted by Gasteiger charge is -2.15. The van der Waals surface area contributed by atoms with Gasteiger partial charge in [0.25, 0.3) is 5.91 Å². The Morgan fingerprint density at radius 3 is 2.64 bits per heavy atom. The van der Waals surface area contributed by atoms with Crippen molar-refractivity contribution in [1.29, 1.82) is 0 Å². The molecule has 1 saturated carbocycles. The highest BCUT2D eigenvalue weighted by Gasteiger charge is 2.25. The van der Waals surface area contributed by atoms with Crippen LogP contribution in [0.5, 0.6) is 0 Å². The third kappa shape index (κ3) is 4.60. The average Bonchev–Trinajstić information content (AvgIpc) is 2.88. The molecule has 7 heteroatoms. The molecular weight excluding hydrogens is 327 g/mol. The molecule has 120 valence electrons. The molecule has 5 nitrogen and oxygen atoms in total. The highest BCUT2D eigenvalue weighted by molar-refractivity contribution is 6.36. The number of hydrogen-bond acceptors (Lipinski definition) is 3. The Labute approximate surface area is 139 Å². The van der Waals surface area contributed by atoms with Crippen molar-refractivity contribution >= 4 is 35.0 Å². The summed E-state index contributed by atoms with van der Waals surface area (Å²) in [7, 11) is 0. The number of benzene rings is 1. The molecule has 2 rings (SSSR count). The fourth-order valence-electron chi connectivity index (χ4n) is 2.49. The number of aliphatic hydroxyl groups excluding tert-OH is 1. The fourth-order valence-corrected chi connectivity index (χ4v) is 2.99. The van der Waals surface area contributed by atoms with E-state index >= 15 is 0 Å². The molecule has 0 aliphatic heterocycles. The maximum absolute atomic E-state index is 11.9. The van der Waals surface area contributed by atoms with Crippen molar-refractivity contribution < 1.29 is 14.7 Å². The Morgan fingerprint density at radius 2 is 2.00 bits per heavy atom. The summed E-state index contributed by atoms with van der Waals surface area (Å²) in [5.41, 5.74) is 0.269. The molecule has 0 spiro atoms. The molecule has 1 aromatic rings. The lowest BCUT2D eigenvalue weighted by Crippen LogP contribution is -2.40. The topological polar surface area (TPSA) is 78.4 Å². The summed E-state index contributed by atoms with van der Waals surface area (Å²) in [6.45, 7) is 0.290. The van der Waals surface area contributed by atoms with Crippen LogP contribution in [0.2, 0.25) is 10.0 Å². The van der Waals surface area contributed by atoms with E-state index in [4.69, 9.17) is 23.2 Å².